The van der Waals surface area contributed by atoms with Gasteiger partial charge < -0.3 is 10.1 Å². The van der Waals surface area contributed by atoms with Gasteiger partial charge in [-0.2, -0.15) is 5.10 Å². The summed E-state index contributed by atoms with van der Waals surface area (Å²) < 4.78 is 5.46. The highest BCUT2D eigenvalue weighted by atomic mass is 32.1. The largest absolute Gasteiger partial charge is 0.497 e. The normalized spacial score (nSPS) is 30.1. The second kappa shape index (κ2) is 8.27. The second-order valence-electron chi connectivity index (χ2n) is 9.47. The van der Waals surface area contributed by atoms with Gasteiger partial charge in [-0.3, -0.25) is 5.43 Å². The van der Waals surface area contributed by atoms with Gasteiger partial charge in [0, 0.05) is 16.8 Å². The minimum Gasteiger partial charge on any atom is -0.497 e. The molecule has 5 heteroatoms. The van der Waals surface area contributed by atoms with E-state index in [1.54, 1.807) is 12.7 Å². The number of thiocarbonyl (C=S) groups is 1. The van der Waals surface area contributed by atoms with Crippen molar-refractivity contribution in [3.63, 3.8) is 0 Å². The van der Waals surface area contributed by atoms with Gasteiger partial charge in [-0.05, 0) is 104 Å². The first-order chi connectivity index (χ1) is 15.1. The van der Waals surface area contributed by atoms with E-state index < -0.39 is 0 Å². The number of ether oxygens (including phenoxy) is 1. The molecule has 2 aromatic rings. The molecule has 3 aliphatic carbocycles. The Morgan fingerprint density at radius 1 is 1.10 bits per heavy atom. The van der Waals surface area contributed by atoms with E-state index in [1.807, 2.05) is 30.3 Å². The lowest BCUT2D eigenvalue weighted by Gasteiger charge is -2.49. The van der Waals surface area contributed by atoms with E-state index in [-0.39, 0.29) is 5.41 Å². The van der Waals surface area contributed by atoms with E-state index in [9.17, 15) is 0 Å². The third kappa shape index (κ3) is 3.73. The van der Waals surface area contributed by atoms with Gasteiger partial charge in [0.25, 0.3) is 0 Å². The first-order valence-corrected chi connectivity index (χ1v) is 11.9. The quantitative estimate of drug-likeness (QED) is 0.468. The van der Waals surface area contributed by atoms with E-state index in [1.165, 1.54) is 37.0 Å². The number of hydrazone groups is 1. The van der Waals surface area contributed by atoms with Crippen molar-refractivity contribution in [2.24, 2.45) is 22.4 Å². The predicted molar refractivity (Wildman–Crippen MR) is 131 cm³/mol. The van der Waals surface area contributed by atoms with Crippen molar-refractivity contribution in [3.8, 4) is 5.75 Å². The fourth-order valence-electron chi connectivity index (χ4n) is 6.46. The Bertz CT molecular complexity index is 1000. The second-order valence-corrected chi connectivity index (χ2v) is 9.87. The van der Waals surface area contributed by atoms with Gasteiger partial charge in [0.05, 0.1) is 7.11 Å². The summed E-state index contributed by atoms with van der Waals surface area (Å²) in [6.07, 6.45) is 7.19. The molecule has 0 saturated heterocycles. The van der Waals surface area contributed by atoms with Crippen molar-refractivity contribution in [2.45, 2.75) is 51.4 Å². The smallest absolute Gasteiger partial charge is 0.191 e. The molecule has 2 fully saturated rings. The molecule has 4 unspecified atom stereocenters. The maximum absolute atomic E-state index is 5.47. The zero-order chi connectivity index (χ0) is 21.4. The maximum Gasteiger partial charge on any atom is 0.191 e. The Labute approximate surface area is 190 Å². The number of nitrogens with one attached hydrogen (secondary N) is 2. The average Bonchev–Trinajstić information content (AvgIpc) is 3.14. The molecule has 0 bridgehead atoms. The molecule has 2 aromatic carbocycles. The molecule has 162 valence electrons. The van der Waals surface area contributed by atoms with Gasteiger partial charge >= 0.3 is 0 Å². The molecular weight excluding hydrogens is 402 g/mol. The van der Waals surface area contributed by atoms with Crippen LogP contribution in [0.4, 0.5) is 5.69 Å². The Balaban J connectivity index is 1.30. The Kier molecular flexibility index (Phi) is 5.47. The molecule has 2 saturated carbocycles. The van der Waals surface area contributed by atoms with Crippen LogP contribution in [0, 0.1) is 17.3 Å². The third-order valence-corrected chi connectivity index (χ3v) is 8.19. The lowest BCUT2D eigenvalue weighted by molar-refractivity contribution is 0.0954. The summed E-state index contributed by atoms with van der Waals surface area (Å²) in [5, 5.41) is 8.60. The highest BCUT2D eigenvalue weighted by molar-refractivity contribution is 7.80. The summed E-state index contributed by atoms with van der Waals surface area (Å²) in [7, 11) is 1.76. The molecule has 0 spiro atoms. The number of fused-ring (bicyclic) bond motifs is 5. The topological polar surface area (TPSA) is 45.6 Å². The predicted octanol–water partition coefficient (Wildman–Crippen LogP) is 5.89. The van der Waals surface area contributed by atoms with E-state index in [4.69, 9.17) is 22.1 Å². The molecular formula is C26H31N3OS. The standard InChI is InChI=1S/C26H31N3OS/c1-26-15-14-21-20-11-9-19(30-2)16-17(20)8-10-22(21)23(26)12-13-24(26)28-29-25(31)27-18-6-4-3-5-7-18/h3-7,9,11,16,21-23H,8,10,12-15H2,1-2H3,(H2,27,29,31)/b28-24+. The van der Waals surface area contributed by atoms with Crippen molar-refractivity contribution >= 4 is 28.7 Å². The molecule has 31 heavy (non-hydrogen) atoms. The van der Waals surface area contributed by atoms with Gasteiger partial charge in [0.1, 0.15) is 5.75 Å². The monoisotopic (exact) mass is 433 g/mol. The number of methoxy groups -OCH3 is 1. The summed E-state index contributed by atoms with van der Waals surface area (Å²) in [6, 6.07) is 16.7. The van der Waals surface area contributed by atoms with Crippen LogP contribution < -0.4 is 15.5 Å². The van der Waals surface area contributed by atoms with Crippen LogP contribution in [0.15, 0.2) is 53.6 Å². The molecule has 0 radical (unpaired) electrons. The molecule has 0 heterocycles. The van der Waals surface area contributed by atoms with Crippen LogP contribution in [0.5, 0.6) is 5.75 Å². The van der Waals surface area contributed by atoms with Gasteiger partial charge in [0.15, 0.2) is 5.11 Å². The van der Waals surface area contributed by atoms with Crippen LogP contribution in [0.25, 0.3) is 0 Å². The number of anilines is 1. The van der Waals surface area contributed by atoms with E-state index in [0.717, 1.165) is 30.2 Å². The number of benzene rings is 2. The zero-order valence-electron chi connectivity index (χ0n) is 18.4. The maximum atomic E-state index is 5.47. The zero-order valence-corrected chi connectivity index (χ0v) is 19.2. The van der Waals surface area contributed by atoms with Gasteiger partial charge in [-0.25, -0.2) is 0 Å². The molecule has 0 aliphatic heterocycles. The Hall–Kier alpha value is -2.40. The fourth-order valence-corrected chi connectivity index (χ4v) is 6.62. The van der Waals surface area contributed by atoms with Crippen LogP contribution in [0.1, 0.15) is 56.1 Å². The highest BCUT2D eigenvalue weighted by Gasteiger charge is 2.53. The summed E-state index contributed by atoms with van der Waals surface area (Å²) >= 11 is 5.47. The molecule has 5 rings (SSSR count). The van der Waals surface area contributed by atoms with Crippen molar-refractivity contribution < 1.29 is 4.74 Å². The van der Waals surface area contributed by atoms with E-state index in [0.29, 0.717) is 16.9 Å². The van der Waals surface area contributed by atoms with Gasteiger partial charge in [-0.15, -0.1) is 0 Å². The molecule has 2 N–H and O–H groups in total. The number of aryl methyl sites for hydroxylation is 1. The first kappa shape index (κ1) is 20.5. The molecule has 4 atom stereocenters. The summed E-state index contributed by atoms with van der Waals surface area (Å²) in [5.74, 6) is 3.12. The summed E-state index contributed by atoms with van der Waals surface area (Å²) in [4.78, 5) is 0. The minimum absolute atomic E-state index is 0.181. The molecule has 3 aliphatic rings. The molecule has 0 amide bonds. The average molecular weight is 434 g/mol. The van der Waals surface area contributed by atoms with E-state index >= 15 is 0 Å². The summed E-state index contributed by atoms with van der Waals surface area (Å²) in [5.41, 5.74) is 8.65. The summed E-state index contributed by atoms with van der Waals surface area (Å²) in [6.45, 7) is 2.44. The SMILES string of the molecule is COc1ccc2c(c1)CCC1C2CCC2(C)/C(=N/NC(=S)Nc3ccccc3)CCC12. The lowest BCUT2D eigenvalue weighted by atomic mass is 9.55. The van der Waals surface area contributed by atoms with Crippen LogP contribution in [0.3, 0.4) is 0 Å². The highest BCUT2D eigenvalue weighted by Crippen LogP contribution is 2.59. The van der Waals surface area contributed by atoms with Crippen LogP contribution in [-0.2, 0) is 6.42 Å². The van der Waals surface area contributed by atoms with Crippen molar-refractivity contribution in [1.82, 2.24) is 5.43 Å². The van der Waals surface area contributed by atoms with Crippen LogP contribution in [-0.4, -0.2) is 17.9 Å². The lowest BCUT2D eigenvalue weighted by Crippen LogP contribution is -2.43. The number of rotatable bonds is 3. The van der Waals surface area contributed by atoms with E-state index in [2.05, 4.69) is 35.9 Å². The van der Waals surface area contributed by atoms with Crippen LogP contribution in [0.2, 0.25) is 0 Å². The Morgan fingerprint density at radius 3 is 2.74 bits per heavy atom. The van der Waals surface area contributed by atoms with Crippen molar-refractivity contribution in [1.29, 1.82) is 0 Å². The number of para-hydroxylation sites is 1. The van der Waals surface area contributed by atoms with Gasteiger partial charge in [0.2, 0.25) is 0 Å². The van der Waals surface area contributed by atoms with Gasteiger partial charge in [-0.1, -0.05) is 31.2 Å². The number of nitrogens with zero attached hydrogens (tertiary/aromatic N) is 1. The fraction of sp³-hybridized carbons (Fsp3) is 0.462. The van der Waals surface area contributed by atoms with Crippen LogP contribution >= 0.6 is 12.2 Å². The van der Waals surface area contributed by atoms with Crippen molar-refractivity contribution in [3.05, 3.63) is 59.7 Å². The molecule has 4 nitrogen and oxygen atoms in total. The van der Waals surface area contributed by atoms with Crippen molar-refractivity contribution in [2.75, 3.05) is 12.4 Å². The molecule has 0 aromatic heterocycles. The minimum atomic E-state index is 0.181. The first-order valence-electron chi connectivity index (χ1n) is 11.4. The number of hydrogen-bond acceptors (Lipinski definition) is 3. The Morgan fingerprint density at radius 2 is 1.94 bits per heavy atom. The number of hydrogen-bond donors (Lipinski definition) is 2. The third-order valence-electron chi connectivity index (χ3n) is 8.00.